The molecule has 0 amide bonds. The maximum absolute atomic E-state index is 6.39. The molecule has 0 N–H and O–H groups in total. The van der Waals surface area contributed by atoms with Crippen molar-refractivity contribution in [2.24, 2.45) is 0 Å². The van der Waals surface area contributed by atoms with E-state index in [1.165, 1.54) is 58.4 Å². The van der Waals surface area contributed by atoms with E-state index in [1.807, 2.05) is 11.8 Å². The number of hydrogen-bond acceptors (Lipinski definition) is 3. The van der Waals surface area contributed by atoms with E-state index in [1.54, 1.807) is 0 Å². The lowest BCUT2D eigenvalue weighted by molar-refractivity contribution is 0.266. The Morgan fingerprint density at radius 1 is 1.15 bits per heavy atom. The van der Waals surface area contributed by atoms with Gasteiger partial charge in [-0.1, -0.05) is 60.3 Å². The average molecular weight is 466 g/mol. The molecule has 2 aliphatic heterocycles. The molecule has 1 saturated heterocycles. The zero-order valence-corrected chi connectivity index (χ0v) is 20.6. The van der Waals surface area contributed by atoms with Crippen LogP contribution in [0, 0.1) is 0 Å². The number of nitrogens with zero attached hydrogens (tertiary/aromatic N) is 1. The summed E-state index contributed by atoms with van der Waals surface area (Å²) < 4.78 is 6.39. The fraction of sp³-hybridized carbons (Fsp3) is 0.355. The van der Waals surface area contributed by atoms with E-state index in [4.69, 9.17) is 4.42 Å². The van der Waals surface area contributed by atoms with Crippen molar-refractivity contribution in [2.75, 3.05) is 13.1 Å². The van der Waals surface area contributed by atoms with Crippen LogP contribution in [0.25, 0.3) is 11.0 Å². The molecular weight excluding hydrogens is 434 g/mol. The summed E-state index contributed by atoms with van der Waals surface area (Å²) in [5, 5.41) is 3.63. The van der Waals surface area contributed by atoms with Gasteiger partial charge in [0.25, 0.3) is 0 Å². The van der Waals surface area contributed by atoms with Gasteiger partial charge in [-0.3, -0.25) is 0 Å². The third kappa shape index (κ3) is 3.28. The highest BCUT2D eigenvalue weighted by Crippen LogP contribution is 2.68. The number of thioether (sulfide) groups is 1. The Morgan fingerprint density at radius 2 is 2.09 bits per heavy atom. The van der Waals surface area contributed by atoms with Gasteiger partial charge in [-0.2, -0.15) is 0 Å². The molecule has 7 rings (SSSR count). The smallest absolute Gasteiger partial charge is 0.134 e. The molecule has 0 bridgehead atoms. The van der Waals surface area contributed by atoms with E-state index < -0.39 is 0 Å². The van der Waals surface area contributed by atoms with Gasteiger partial charge >= 0.3 is 0 Å². The minimum Gasteiger partial charge on any atom is -0.461 e. The second kappa shape index (κ2) is 8.03. The van der Waals surface area contributed by atoms with E-state index in [0.717, 1.165) is 30.7 Å². The van der Waals surface area contributed by atoms with Gasteiger partial charge in [-0.05, 0) is 90.9 Å². The molecule has 4 aliphatic rings. The van der Waals surface area contributed by atoms with E-state index in [2.05, 4.69) is 84.0 Å². The van der Waals surface area contributed by atoms with Crippen molar-refractivity contribution in [2.45, 2.75) is 61.3 Å². The van der Waals surface area contributed by atoms with Crippen LogP contribution in [0.3, 0.4) is 0 Å². The number of rotatable bonds is 4. The molecule has 3 heterocycles. The monoisotopic (exact) mass is 465 g/mol. The van der Waals surface area contributed by atoms with Crippen LogP contribution in [0.4, 0.5) is 0 Å². The Labute approximate surface area is 206 Å². The Morgan fingerprint density at radius 3 is 3.00 bits per heavy atom. The highest BCUT2D eigenvalue weighted by Gasteiger charge is 2.60. The number of furan rings is 1. The molecule has 1 saturated carbocycles. The lowest BCUT2D eigenvalue weighted by Crippen LogP contribution is -2.28. The molecule has 2 aliphatic carbocycles. The predicted molar refractivity (Wildman–Crippen MR) is 141 cm³/mol. The number of fused-ring (bicyclic) bond motifs is 5. The van der Waals surface area contributed by atoms with Crippen LogP contribution in [0.15, 0.2) is 92.6 Å². The van der Waals surface area contributed by atoms with Crippen molar-refractivity contribution in [1.82, 2.24) is 4.90 Å². The van der Waals surface area contributed by atoms with E-state index in [0.29, 0.717) is 12.0 Å². The highest BCUT2D eigenvalue weighted by atomic mass is 32.2. The summed E-state index contributed by atoms with van der Waals surface area (Å²) in [6.07, 6.45) is 12.8. The quantitative estimate of drug-likeness (QED) is 0.392. The highest BCUT2D eigenvalue weighted by molar-refractivity contribution is 8.02. The maximum Gasteiger partial charge on any atom is 0.134 e. The van der Waals surface area contributed by atoms with Crippen LogP contribution in [0.1, 0.15) is 55.4 Å². The van der Waals surface area contributed by atoms with Crippen molar-refractivity contribution < 1.29 is 4.42 Å². The fourth-order valence-electron chi connectivity index (χ4n) is 6.62. The molecule has 34 heavy (non-hydrogen) atoms. The number of hydrogen-bond donors (Lipinski definition) is 0. The Kier molecular flexibility index (Phi) is 4.93. The minimum absolute atomic E-state index is 0.0890. The molecule has 1 unspecified atom stereocenters. The predicted octanol–water partition coefficient (Wildman–Crippen LogP) is 7.76. The van der Waals surface area contributed by atoms with Crippen LogP contribution in [-0.2, 0) is 11.8 Å². The zero-order valence-electron chi connectivity index (χ0n) is 19.8. The summed E-state index contributed by atoms with van der Waals surface area (Å²) >= 11 is 1.90. The van der Waals surface area contributed by atoms with E-state index in [-0.39, 0.29) is 5.41 Å². The standard InChI is InChI=1S/C31H31NOS/c1-21-7-6-15-32(21)16-14-25-17-23-13-12-22(18-29(23)33-25)28-19-31(28)26-9-3-2-8-24(26)20-34-30-11-5-4-10-27(30)31/h2-5,9-13,17-18,20-21,28H,6-8,14-16,19H2,1H3/t21-,28?,31-/m1/s1. The van der Waals surface area contributed by atoms with E-state index in [9.17, 15) is 0 Å². The van der Waals surface area contributed by atoms with Crippen molar-refractivity contribution in [3.8, 4) is 0 Å². The Hall–Kier alpha value is -2.49. The number of benzene rings is 2. The summed E-state index contributed by atoms with van der Waals surface area (Å²) in [6, 6.07) is 19.0. The number of likely N-dealkylation sites (tertiary alicyclic amines) is 1. The SMILES string of the molecule is C[C@@H]1CCCN1CCc1cc2ccc(C3C[C@]34C3=CC=CCC3=CSc3ccccc34)cc2o1. The summed E-state index contributed by atoms with van der Waals surface area (Å²) in [5.41, 5.74) is 7.07. The van der Waals surface area contributed by atoms with Crippen LogP contribution < -0.4 is 0 Å². The molecule has 1 aromatic heterocycles. The first-order valence-corrected chi connectivity index (χ1v) is 13.7. The minimum atomic E-state index is 0.0890. The van der Waals surface area contributed by atoms with Gasteiger partial charge in [0.15, 0.2) is 0 Å². The van der Waals surface area contributed by atoms with Crippen molar-refractivity contribution in [1.29, 1.82) is 0 Å². The Balaban J connectivity index is 1.22. The molecule has 0 radical (unpaired) electrons. The third-order valence-electron chi connectivity index (χ3n) is 8.55. The first-order chi connectivity index (χ1) is 16.7. The normalized spacial score (nSPS) is 27.9. The third-order valence-corrected chi connectivity index (χ3v) is 9.57. The van der Waals surface area contributed by atoms with Crippen LogP contribution in [0.2, 0.25) is 0 Å². The summed E-state index contributed by atoms with van der Waals surface area (Å²) in [7, 11) is 0. The zero-order chi connectivity index (χ0) is 22.7. The topological polar surface area (TPSA) is 16.4 Å². The van der Waals surface area contributed by atoms with Crippen LogP contribution in [0.5, 0.6) is 0 Å². The first-order valence-electron chi connectivity index (χ1n) is 12.8. The second-order valence-electron chi connectivity index (χ2n) is 10.5. The van der Waals surface area contributed by atoms with E-state index >= 15 is 0 Å². The van der Waals surface area contributed by atoms with Crippen LogP contribution in [-0.4, -0.2) is 24.0 Å². The molecular formula is C31H31NOS. The van der Waals surface area contributed by atoms with Crippen molar-refractivity contribution in [3.05, 3.63) is 100 Å². The lowest BCUT2D eigenvalue weighted by atomic mass is 9.78. The van der Waals surface area contributed by atoms with Crippen LogP contribution >= 0.6 is 11.8 Å². The Bertz CT molecular complexity index is 1360. The summed E-state index contributed by atoms with van der Waals surface area (Å²) in [6.45, 7) is 4.69. The van der Waals surface area contributed by atoms with Gasteiger partial charge < -0.3 is 9.32 Å². The molecule has 1 spiro atoms. The van der Waals surface area contributed by atoms with Gasteiger partial charge in [-0.25, -0.2) is 0 Å². The molecule has 2 aromatic carbocycles. The van der Waals surface area contributed by atoms with Crippen molar-refractivity contribution in [3.63, 3.8) is 0 Å². The maximum atomic E-state index is 6.39. The van der Waals surface area contributed by atoms with Gasteiger partial charge in [-0.15, -0.1) is 0 Å². The fourth-order valence-corrected chi connectivity index (χ4v) is 7.65. The second-order valence-corrected chi connectivity index (χ2v) is 11.4. The molecule has 172 valence electrons. The first kappa shape index (κ1) is 20.8. The van der Waals surface area contributed by atoms with Gasteiger partial charge in [0, 0.05) is 34.7 Å². The van der Waals surface area contributed by atoms with Gasteiger partial charge in [0.1, 0.15) is 11.3 Å². The summed E-state index contributed by atoms with van der Waals surface area (Å²) in [5.74, 6) is 1.62. The molecule has 2 nitrogen and oxygen atoms in total. The number of allylic oxidation sites excluding steroid dienone is 5. The lowest BCUT2D eigenvalue weighted by Gasteiger charge is -2.25. The summed E-state index contributed by atoms with van der Waals surface area (Å²) in [4.78, 5) is 4.01. The van der Waals surface area contributed by atoms with Crippen molar-refractivity contribution >= 4 is 22.7 Å². The van der Waals surface area contributed by atoms with Gasteiger partial charge in [0.2, 0.25) is 0 Å². The molecule has 3 aromatic rings. The largest absolute Gasteiger partial charge is 0.461 e. The molecule has 3 atom stereocenters. The van der Waals surface area contributed by atoms with Gasteiger partial charge in [0.05, 0.1) is 0 Å². The average Bonchev–Trinajstić information content (AvgIpc) is 3.32. The molecule has 2 fully saturated rings. The molecule has 3 heteroatoms.